The molecule has 0 saturated heterocycles. The van der Waals surface area contributed by atoms with Crippen molar-refractivity contribution in [3.05, 3.63) is 58.1 Å². The standard InChI is InChI=1S/C18H17Cl2N3O4S/c1-11-2-5-13(6-3-11)26-10-17(25)22-23-18(28)21-16(24)9-27-15-7-4-12(19)8-14(15)20/h2-8H,9-10H2,1H3,(H,22,25)(H2,21,23,24,28). The Kier molecular flexibility index (Phi) is 8.31. The fourth-order valence-electron chi connectivity index (χ4n) is 1.88. The molecule has 0 aliphatic carbocycles. The summed E-state index contributed by atoms with van der Waals surface area (Å²) in [6.07, 6.45) is 0. The van der Waals surface area contributed by atoms with Crippen LogP contribution >= 0.6 is 35.4 Å². The smallest absolute Gasteiger partial charge is 0.276 e. The topological polar surface area (TPSA) is 88.7 Å². The summed E-state index contributed by atoms with van der Waals surface area (Å²) >= 11 is 16.6. The van der Waals surface area contributed by atoms with Crippen LogP contribution < -0.4 is 25.6 Å². The van der Waals surface area contributed by atoms with Crippen LogP contribution in [-0.4, -0.2) is 30.1 Å². The number of hydrogen-bond donors (Lipinski definition) is 3. The van der Waals surface area contributed by atoms with Crippen molar-refractivity contribution < 1.29 is 19.1 Å². The summed E-state index contributed by atoms with van der Waals surface area (Å²) in [6, 6.07) is 11.9. The van der Waals surface area contributed by atoms with Gasteiger partial charge < -0.3 is 9.47 Å². The van der Waals surface area contributed by atoms with Gasteiger partial charge in [-0.05, 0) is 49.5 Å². The Morgan fingerprint density at radius 3 is 2.32 bits per heavy atom. The fraction of sp³-hybridized carbons (Fsp3) is 0.167. The summed E-state index contributed by atoms with van der Waals surface area (Å²) < 4.78 is 10.6. The molecule has 148 valence electrons. The maximum absolute atomic E-state index is 11.8. The van der Waals surface area contributed by atoms with Gasteiger partial charge in [0.15, 0.2) is 18.3 Å². The molecule has 0 radical (unpaired) electrons. The van der Waals surface area contributed by atoms with Crippen molar-refractivity contribution in [2.75, 3.05) is 13.2 Å². The minimum atomic E-state index is -0.534. The zero-order chi connectivity index (χ0) is 20.5. The van der Waals surface area contributed by atoms with Gasteiger partial charge in [0.2, 0.25) is 0 Å². The Morgan fingerprint density at radius 2 is 1.64 bits per heavy atom. The summed E-state index contributed by atoms with van der Waals surface area (Å²) in [5, 5.41) is 2.98. The third kappa shape index (κ3) is 7.59. The molecule has 10 heteroatoms. The summed E-state index contributed by atoms with van der Waals surface area (Å²) in [5.74, 6) is -0.133. The highest BCUT2D eigenvalue weighted by Crippen LogP contribution is 2.27. The highest BCUT2D eigenvalue weighted by molar-refractivity contribution is 7.80. The third-order valence-corrected chi connectivity index (χ3v) is 3.95. The van der Waals surface area contributed by atoms with Gasteiger partial charge in [-0.3, -0.25) is 25.8 Å². The Labute approximate surface area is 177 Å². The molecule has 2 rings (SSSR count). The van der Waals surface area contributed by atoms with E-state index in [0.717, 1.165) is 5.56 Å². The predicted molar refractivity (Wildman–Crippen MR) is 111 cm³/mol. The fourth-order valence-corrected chi connectivity index (χ4v) is 2.50. The molecule has 0 aliphatic rings. The average molecular weight is 442 g/mol. The van der Waals surface area contributed by atoms with Crippen LogP contribution in [0.25, 0.3) is 0 Å². The van der Waals surface area contributed by atoms with Gasteiger partial charge in [0.1, 0.15) is 11.5 Å². The third-order valence-electron chi connectivity index (χ3n) is 3.21. The van der Waals surface area contributed by atoms with E-state index in [9.17, 15) is 9.59 Å². The summed E-state index contributed by atoms with van der Waals surface area (Å²) in [4.78, 5) is 23.5. The van der Waals surface area contributed by atoms with Gasteiger partial charge in [0, 0.05) is 5.02 Å². The van der Waals surface area contributed by atoms with E-state index in [4.69, 9.17) is 44.9 Å². The van der Waals surface area contributed by atoms with Gasteiger partial charge >= 0.3 is 0 Å². The monoisotopic (exact) mass is 441 g/mol. The van der Waals surface area contributed by atoms with E-state index >= 15 is 0 Å². The van der Waals surface area contributed by atoms with Gasteiger partial charge in [-0.1, -0.05) is 40.9 Å². The number of benzene rings is 2. The minimum absolute atomic E-state index is 0.0977. The maximum atomic E-state index is 11.8. The molecule has 0 fully saturated rings. The van der Waals surface area contributed by atoms with E-state index in [1.165, 1.54) is 6.07 Å². The summed E-state index contributed by atoms with van der Waals surface area (Å²) in [7, 11) is 0. The Morgan fingerprint density at radius 1 is 0.964 bits per heavy atom. The van der Waals surface area contributed by atoms with Crippen LogP contribution in [0, 0.1) is 6.92 Å². The number of nitrogens with one attached hydrogen (secondary N) is 3. The highest BCUT2D eigenvalue weighted by atomic mass is 35.5. The zero-order valence-corrected chi connectivity index (χ0v) is 17.1. The van der Waals surface area contributed by atoms with Gasteiger partial charge in [-0.15, -0.1) is 0 Å². The Hall–Kier alpha value is -2.55. The first kappa shape index (κ1) is 21.7. The summed E-state index contributed by atoms with van der Waals surface area (Å²) in [6.45, 7) is 1.41. The van der Waals surface area contributed by atoms with Crippen LogP contribution in [0.2, 0.25) is 10.0 Å². The van der Waals surface area contributed by atoms with Gasteiger partial charge in [-0.25, -0.2) is 0 Å². The van der Waals surface area contributed by atoms with Crippen LogP contribution in [0.15, 0.2) is 42.5 Å². The maximum Gasteiger partial charge on any atom is 0.276 e. The molecule has 0 atom stereocenters. The number of thiocarbonyl (C=S) groups is 1. The molecule has 0 saturated carbocycles. The number of ether oxygens (including phenoxy) is 2. The minimum Gasteiger partial charge on any atom is -0.484 e. The second-order valence-electron chi connectivity index (χ2n) is 5.52. The number of halogens is 2. The first-order valence-corrected chi connectivity index (χ1v) is 9.16. The number of aryl methyl sites for hydroxylation is 1. The van der Waals surface area contributed by atoms with Crippen molar-refractivity contribution in [3.63, 3.8) is 0 Å². The molecule has 2 aromatic carbocycles. The van der Waals surface area contributed by atoms with Crippen molar-refractivity contribution in [2.24, 2.45) is 0 Å². The Balaban J connectivity index is 1.66. The second-order valence-corrected chi connectivity index (χ2v) is 6.77. The van der Waals surface area contributed by atoms with E-state index in [1.807, 2.05) is 19.1 Å². The average Bonchev–Trinajstić information content (AvgIpc) is 2.65. The lowest BCUT2D eigenvalue weighted by Crippen LogP contribution is -2.50. The lowest BCUT2D eigenvalue weighted by molar-refractivity contribution is -0.124. The quantitative estimate of drug-likeness (QED) is 0.471. The first-order chi connectivity index (χ1) is 13.3. The van der Waals surface area contributed by atoms with Crippen molar-refractivity contribution in [1.29, 1.82) is 0 Å². The normalized spacial score (nSPS) is 9.96. The molecule has 7 nitrogen and oxygen atoms in total. The number of carbonyl (C=O) groups excluding carboxylic acids is 2. The van der Waals surface area contributed by atoms with Crippen LogP contribution in [0.5, 0.6) is 11.5 Å². The predicted octanol–water partition coefficient (Wildman–Crippen LogP) is 2.78. The van der Waals surface area contributed by atoms with Crippen LogP contribution in [0.1, 0.15) is 5.56 Å². The van der Waals surface area contributed by atoms with E-state index in [2.05, 4.69) is 16.2 Å². The van der Waals surface area contributed by atoms with Crippen LogP contribution in [0.3, 0.4) is 0 Å². The number of hydrogen-bond acceptors (Lipinski definition) is 5. The largest absolute Gasteiger partial charge is 0.484 e. The van der Waals surface area contributed by atoms with E-state index in [-0.39, 0.29) is 23.3 Å². The van der Waals surface area contributed by atoms with Crippen LogP contribution in [0.4, 0.5) is 0 Å². The van der Waals surface area contributed by atoms with Gasteiger partial charge in [0.25, 0.3) is 11.8 Å². The Bertz CT molecular complexity index is 862. The molecule has 0 bridgehead atoms. The molecule has 3 N–H and O–H groups in total. The van der Waals surface area contributed by atoms with Crippen molar-refractivity contribution in [1.82, 2.24) is 16.2 Å². The molecule has 0 unspecified atom stereocenters. The van der Waals surface area contributed by atoms with Crippen molar-refractivity contribution >= 4 is 52.3 Å². The molecular formula is C18H17Cl2N3O4S. The van der Waals surface area contributed by atoms with E-state index in [1.54, 1.807) is 24.3 Å². The molecule has 2 amide bonds. The molecule has 0 heterocycles. The van der Waals surface area contributed by atoms with Gasteiger partial charge in [-0.2, -0.15) is 0 Å². The second kappa shape index (κ2) is 10.7. The zero-order valence-electron chi connectivity index (χ0n) is 14.8. The molecular weight excluding hydrogens is 425 g/mol. The lowest BCUT2D eigenvalue weighted by Gasteiger charge is -2.12. The highest BCUT2D eigenvalue weighted by Gasteiger charge is 2.09. The molecule has 2 aromatic rings. The number of carbonyl (C=O) groups is 2. The molecule has 0 aromatic heterocycles. The molecule has 28 heavy (non-hydrogen) atoms. The van der Waals surface area contributed by atoms with E-state index < -0.39 is 11.8 Å². The summed E-state index contributed by atoms with van der Waals surface area (Å²) in [5.41, 5.74) is 5.79. The van der Waals surface area contributed by atoms with Crippen molar-refractivity contribution in [2.45, 2.75) is 6.92 Å². The van der Waals surface area contributed by atoms with E-state index in [0.29, 0.717) is 16.5 Å². The number of hydrazine groups is 1. The SMILES string of the molecule is Cc1ccc(OCC(=O)NNC(=S)NC(=O)COc2ccc(Cl)cc2Cl)cc1. The van der Waals surface area contributed by atoms with Crippen LogP contribution in [-0.2, 0) is 9.59 Å². The number of rotatable bonds is 6. The first-order valence-electron chi connectivity index (χ1n) is 7.99. The number of amides is 2. The van der Waals surface area contributed by atoms with Gasteiger partial charge in [0.05, 0.1) is 5.02 Å². The lowest BCUT2D eigenvalue weighted by atomic mass is 10.2. The van der Waals surface area contributed by atoms with Crippen molar-refractivity contribution in [3.8, 4) is 11.5 Å². The molecule has 0 spiro atoms. The molecule has 0 aliphatic heterocycles.